The molecule has 5 rings (SSSR count). The summed E-state index contributed by atoms with van der Waals surface area (Å²) in [6, 6.07) is 1.97. The van der Waals surface area contributed by atoms with Crippen LogP contribution in [0.5, 0.6) is 11.5 Å². The van der Waals surface area contributed by atoms with Crippen LogP contribution in [0.15, 0.2) is 17.2 Å². The van der Waals surface area contributed by atoms with Gasteiger partial charge in [-0.05, 0) is 20.8 Å². The number of aryl methyl sites for hydroxylation is 1. The van der Waals surface area contributed by atoms with Crippen molar-refractivity contribution in [3.05, 3.63) is 18.0 Å². The number of pyridine rings is 1. The van der Waals surface area contributed by atoms with E-state index in [0.717, 1.165) is 23.8 Å². The van der Waals surface area contributed by atoms with E-state index >= 15 is 0 Å². The van der Waals surface area contributed by atoms with Crippen molar-refractivity contribution in [1.82, 2.24) is 15.0 Å². The van der Waals surface area contributed by atoms with Gasteiger partial charge in [0.05, 0.1) is 40.9 Å². The van der Waals surface area contributed by atoms with Crippen molar-refractivity contribution in [2.24, 2.45) is 5.73 Å². The summed E-state index contributed by atoms with van der Waals surface area (Å²) in [5.74, 6) is 3.83. The lowest BCUT2D eigenvalue weighted by Crippen LogP contribution is -2.58. The van der Waals surface area contributed by atoms with Gasteiger partial charge in [0.15, 0.2) is 11.6 Å². The monoisotopic (exact) mass is 517 g/mol. The van der Waals surface area contributed by atoms with E-state index < -0.39 is 22.4 Å². The molecule has 13 heteroatoms. The largest absolute Gasteiger partial charge is 0.492 e. The molecule has 0 aromatic carbocycles. The first-order chi connectivity index (χ1) is 17.2. The van der Waals surface area contributed by atoms with Crippen molar-refractivity contribution in [3.8, 4) is 11.5 Å². The predicted octanol–water partition coefficient (Wildman–Crippen LogP) is 1.31. The summed E-state index contributed by atoms with van der Waals surface area (Å²) in [7, 11) is -1.19. The molecule has 1 amide bonds. The molecule has 3 N–H and O–H groups in total. The zero-order valence-corrected chi connectivity index (χ0v) is 21.5. The van der Waals surface area contributed by atoms with Crippen molar-refractivity contribution in [3.63, 3.8) is 0 Å². The average Bonchev–Trinajstić information content (AvgIpc) is 3.23. The molecule has 2 atom stereocenters. The van der Waals surface area contributed by atoms with Crippen molar-refractivity contribution < 1.29 is 23.2 Å². The van der Waals surface area contributed by atoms with E-state index in [4.69, 9.17) is 29.9 Å². The molecule has 0 unspecified atom stereocenters. The number of amides is 1. The topological polar surface area (TPSA) is 145 Å². The fourth-order valence-corrected chi connectivity index (χ4v) is 5.96. The number of hydrogen-bond donors (Lipinski definition) is 2. The van der Waals surface area contributed by atoms with Gasteiger partial charge in [-0.2, -0.15) is 4.98 Å². The number of ether oxygens (including phenoxy) is 3. The average molecular weight is 518 g/mol. The molecule has 0 spiro atoms. The van der Waals surface area contributed by atoms with Gasteiger partial charge in [0.1, 0.15) is 29.7 Å². The summed E-state index contributed by atoms with van der Waals surface area (Å²) in [5, 5.41) is 3.31. The van der Waals surface area contributed by atoms with E-state index in [2.05, 4.69) is 20.1 Å². The second-order valence-electron chi connectivity index (χ2n) is 9.59. The van der Waals surface area contributed by atoms with Crippen LogP contribution in [0.2, 0.25) is 0 Å². The molecule has 3 aliphatic rings. The Bertz CT molecular complexity index is 1190. The van der Waals surface area contributed by atoms with Crippen LogP contribution in [0.25, 0.3) is 0 Å². The molecule has 0 aliphatic carbocycles. The number of fused-ring (bicyclic) bond motifs is 4. The molecule has 2 aromatic heterocycles. The molecule has 5 heterocycles. The molecule has 194 valence electrons. The van der Waals surface area contributed by atoms with Crippen LogP contribution in [0.3, 0.4) is 0 Å². The molecule has 3 aliphatic heterocycles. The molecule has 1 saturated heterocycles. The highest BCUT2D eigenvalue weighted by Crippen LogP contribution is 2.37. The van der Waals surface area contributed by atoms with Gasteiger partial charge in [0.25, 0.3) is 0 Å². The van der Waals surface area contributed by atoms with Crippen molar-refractivity contribution >= 4 is 34.5 Å². The fraction of sp³-hybridized carbons (Fsp3) is 0.565. The minimum absolute atomic E-state index is 0.0403. The van der Waals surface area contributed by atoms with E-state index in [0.29, 0.717) is 60.9 Å². The third-order valence-corrected chi connectivity index (χ3v) is 7.75. The lowest BCUT2D eigenvalue weighted by molar-refractivity contribution is 0.138. The van der Waals surface area contributed by atoms with Gasteiger partial charge < -0.3 is 35.1 Å². The number of nitrogens with two attached hydrogens (primary N) is 1. The molecule has 36 heavy (non-hydrogen) atoms. The van der Waals surface area contributed by atoms with Crippen LogP contribution < -0.4 is 30.3 Å². The van der Waals surface area contributed by atoms with E-state index in [1.54, 1.807) is 6.20 Å². The van der Waals surface area contributed by atoms with Crippen LogP contribution in [-0.2, 0) is 22.0 Å². The zero-order chi connectivity index (χ0) is 25.4. The van der Waals surface area contributed by atoms with Crippen LogP contribution in [0.4, 0.5) is 22.4 Å². The van der Waals surface area contributed by atoms with Crippen molar-refractivity contribution in [2.75, 3.05) is 60.3 Å². The third-order valence-electron chi connectivity index (χ3n) is 6.30. The Morgan fingerprint density at radius 2 is 2.19 bits per heavy atom. The van der Waals surface area contributed by atoms with Gasteiger partial charge in [0.2, 0.25) is 5.95 Å². The predicted molar refractivity (Wildman–Crippen MR) is 134 cm³/mol. The van der Waals surface area contributed by atoms with E-state index in [9.17, 15) is 9.00 Å². The minimum Gasteiger partial charge on any atom is -0.492 e. The Labute approximate surface area is 212 Å². The van der Waals surface area contributed by atoms with Gasteiger partial charge in [-0.15, -0.1) is 0 Å². The maximum Gasteiger partial charge on any atom is 0.404 e. The van der Waals surface area contributed by atoms with E-state index in [1.165, 1.54) is 0 Å². The molecule has 0 saturated carbocycles. The van der Waals surface area contributed by atoms with Crippen LogP contribution in [0.1, 0.15) is 26.5 Å². The van der Waals surface area contributed by atoms with Gasteiger partial charge in [0, 0.05) is 37.9 Å². The minimum atomic E-state index is -1.19. The lowest BCUT2D eigenvalue weighted by atomic mass is 10.1. The Kier molecular flexibility index (Phi) is 6.49. The number of hydrogen-bond acceptors (Lipinski definition) is 11. The van der Waals surface area contributed by atoms with Gasteiger partial charge >= 0.3 is 6.09 Å². The van der Waals surface area contributed by atoms with Gasteiger partial charge in [-0.3, -0.25) is 4.21 Å². The Morgan fingerprint density at radius 3 is 2.97 bits per heavy atom. The normalized spacial score (nSPS) is 20.6. The SMILES string of the molecule is CCOc1cnc2c(c1)OC[C@H]1CN(c3nc4c(c(NC(C)(C)COC(N)=O)n3)[S@@](=O)CC4)CCN21. The Morgan fingerprint density at radius 1 is 1.36 bits per heavy atom. The molecular formula is C23H31N7O5S. The molecule has 12 nitrogen and oxygen atoms in total. The van der Waals surface area contributed by atoms with E-state index in [1.807, 2.05) is 26.8 Å². The fourth-order valence-electron chi connectivity index (χ4n) is 4.65. The highest BCUT2D eigenvalue weighted by atomic mass is 32.2. The van der Waals surface area contributed by atoms with Crippen LogP contribution in [0, 0.1) is 0 Å². The second kappa shape index (κ2) is 9.60. The molecule has 1 fully saturated rings. The smallest absolute Gasteiger partial charge is 0.404 e. The third kappa shape index (κ3) is 4.84. The molecule has 0 bridgehead atoms. The molecular weight excluding hydrogens is 486 g/mol. The number of nitrogens with zero attached hydrogens (tertiary/aromatic N) is 5. The summed E-state index contributed by atoms with van der Waals surface area (Å²) >= 11 is 0. The highest BCUT2D eigenvalue weighted by Gasteiger charge is 2.36. The number of carbonyl (C=O) groups excluding carboxylic acids is 1. The van der Waals surface area contributed by atoms with Gasteiger partial charge in [-0.25, -0.2) is 14.8 Å². The van der Waals surface area contributed by atoms with Crippen molar-refractivity contribution in [1.29, 1.82) is 0 Å². The Hall–Kier alpha value is -3.35. The number of carbonyl (C=O) groups is 1. The molecule has 0 radical (unpaired) electrons. The molecule has 2 aromatic rings. The van der Waals surface area contributed by atoms with Crippen LogP contribution >= 0.6 is 0 Å². The second-order valence-corrected chi connectivity index (χ2v) is 11.1. The quantitative estimate of drug-likeness (QED) is 0.548. The summed E-state index contributed by atoms with van der Waals surface area (Å²) in [4.78, 5) is 30.3. The summed E-state index contributed by atoms with van der Waals surface area (Å²) in [5.41, 5.74) is 5.25. The first-order valence-corrected chi connectivity index (χ1v) is 13.3. The summed E-state index contributed by atoms with van der Waals surface area (Å²) in [6.07, 6.45) is 1.50. The number of nitrogens with one attached hydrogen (secondary N) is 1. The number of piperazine rings is 1. The summed E-state index contributed by atoms with van der Waals surface area (Å²) in [6.45, 7) is 8.87. The standard InChI is InChI=1S/C23H31N7O5S/c1-4-33-15-9-17-20(25-10-15)30-7-6-29(11-14(30)12-34-17)22-26-16-5-8-36(32)18(16)19(27-22)28-23(2,3)13-35-21(24)31/h9-10,14H,4-8,11-13H2,1-3H3,(H2,24,31)(H,26,27,28)/t14-,36+/m1/s1. The Balaban J connectivity index is 1.37. The lowest BCUT2D eigenvalue weighted by Gasteiger charge is -2.44. The number of aromatic nitrogens is 3. The first-order valence-electron chi connectivity index (χ1n) is 12.0. The van der Waals surface area contributed by atoms with Crippen LogP contribution in [-0.4, -0.2) is 82.0 Å². The van der Waals surface area contributed by atoms with E-state index in [-0.39, 0.29) is 12.6 Å². The van der Waals surface area contributed by atoms with Gasteiger partial charge in [-0.1, -0.05) is 0 Å². The maximum absolute atomic E-state index is 12.7. The highest BCUT2D eigenvalue weighted by molar-refractivity contribution is 7.85. The first kappa shape index (κ1) is 24.3. The number of primary amides is 1. The van der Waals surface area contributed by atoms with Crippen molar-refractivity contribution in [2.45, 2.75) is 43.7 Å². The summed E-state index contributed by atoms with van der Waals surface area (Å²) < 4.78 is 29.3. The number of anilines is 3. The number of rotatable bonds is 7. The zero-order valence-electron chi connectivity index (χ0n) is 20.7. The maximum atomic E-state index is 12.7.